The maximum atomic E-state index is 5.42. The molecule has 0 aromatic carbocycles. The summed E-state index contributed by atoms with van der Waals surface area (Å²) in [6.45, 7) is 4.89. The molecular weight excluding hydrogens is 140 g/mol. The fourth-order valence-corrected chi connectivity index (χ4v) is 0.812. The second-order valence-corrected chi connectivity index (χ2v) is 2.56. The van der Waals surface area contributed by atoms with Gasteiger partial charge in [0.2, 0.25) is 0 Å². The van der Waals surface area contributed by atoms with Crippen LogP contribution in [0, 0.1) is 6.92 Å². The lowest BCUT2D eigenvalue weighted by Crippen LogP contribution is -1.96. The van der Waals surface area contributed by atoms with Crippen molar-refractivity contribution < 1.29 is 4.74 Å². The minimum Gasteiger partial charge on any atom is -0.490 e. The maximum Gasteiger partial charge on any atom is 0.159 e. The first kappa shape index (κ1) is 8.11. The molecule has 0 aliphatic rings. The van der Waals surface area contributed by atoms with E-state index in [-0.39, 0.29) is 0 Å². The van der Waals surface area contributed by atoms with E-state index in [4.69, 9.17) is 4.74 Å². The second kappa shape index (κ2) is 4.01. The fraction of sp³-hybridized carbons (Fsp3) is 0.625. The summed E-state index contributed by atoms with van der Waals surface area (Å²) in [5.74, 6) is 0.874. The number of aromatic amines is 1. The molecule has 1 rings (SSSR count). The number of nitrogens with one attached hydrogen (secondary N) is 1. The largest absolute Gasteiger partial charge is 0.490 e. The first-order valence-corrected chi connectivity index (χ1v) is 3.97. The molecule has 0 atom stereocenters. The Labute approximate surface area is 66.8 Å². The molecule has 0 unspecified atom stereocenters. The number of ether oxygens (including phenoxy) is 1. The van der Waals surface area contributed by atoms with E-state index in [1.165, 1.54) is 0 Å². The van der Waals surface area contributed by atoms with Crippen LogP contribution in [0.3, 0.4) is 0 Å². The summed E-state index contributed by atoms with van der Waals surface area (Å²) < 4.78 is 5.42. The molecule has 62 valence electrons. The lowest BCUT2D eigenvalue weighted by atomic mass is 10.3. The van der Waals surface area contributed by atoms with E-state index in [1.54, 1.807) is 6.20 Å². The molecule has 0 radical (unpaired) electrons. The van der Waals surface area contributed by atoms with Crippen LogP contribution >= 0.6 is 0 Å². The standard InChI is InChI=1S/C8H14N2O/c1-3-4-5-11-8-6-9-10-7(8)2/h6H,3-5H2,1-2H3,(H,9,10). The molecule has 0 spiro atoms. The van der Waals surface area contributed by atoms with E-state index in [1.807, 2.05) is 6.92 Å². The Bertz CT molecular complexity index is 208. The Morgan fingerprint density at radius 1 is 1.64 bits per heavy atom. The lowest BCUT2D eigenvalue weighted by Gasteiger charge is -2.01. The summed E-state index contributed by atoms with van der Waals surface area (Å²) in [6, 6.07) is 0. The van der Waals surface area contributed by atoms with Gasteiger partial charge < -0.3 is 4.74 Å². The molecule has 0 aliphatic heterocycles. The van der Waals surface area contributed by atoms with Crippen LogP contribution < -0.4 is 4.74 Å². The highest BCUT2D eigenvalue weighted by Crippen LogP contribution is 2.12. The number of aromatic nitrogens is 2. The van der Waals surface area contributed by atoms with Crippen molar-refractivity contribution in [2.45, 2.75) is 26.7 Å². The molecule has 0 saturated carbocycles. The summed E-state index contributed by atoms with van der Waals surface area (Å²) in [5.41, 5.74) is 1.00. The average molecular weight is 154 g/mol. The Hall–Kier alpha value is -0.990. The summed E-state index contributed by atoms with van der Waals surface area (Å²) in [6.07, 6.45) is 3.98. The highest BCUT2D eigenvalue weighted by Gasteiger charge is 1.98. The zero-order chi connectivity index (χ0) is 8.10. The summed E-state index contributed by atoms with van der Waals surface area (Å²) >= 11 is 0. The van der Waals surface area contributed by atoms with E-state index in [2.05, 4.69) is 17.1 Å². The number of rotatable bonds is 4. The van der Waals surface area contributed by atoms with Gasteiger partial charge in [-0.2, -0.15) is 5.10 Å². The van der Waals surface area contributed by atoms with E-state index in [9.17, 15) is 0 Å². The van der Waals surface area contributed by atoms with E-state index in [0.29, 0.717) is 0 Å². The van der Waals surface area contributed by atoms with Crippen molar-refractivity contribution in [2.24, 2.45) is 0 Å². The molecular formula is C8H14N2O. The Morgan fingerprint density at radius 2 is 2.45 bits per heavy atom. The molecule has 1 aromatic rings. The molecule has 0 bridgehead atoms. The first-order valence-electron chi connectivity index (χ1n) is 3.97. The first-order chi connectivity index (χ1) is 5.34. The van der Waals surface area contributed by atoms with Gasteiger partial charge in [0.1, 0.15) is 0 Å². The van der Waals surface area contributed by atoms with Crippen LogP contribution in [0.4, 0.5) is 0 Å². The molecule has 1 N–H and O–H groups in total. The number of nitrogens with zero attached hydrogens (tertiary/aromatic N) is 1. The molecule has 0 amide bonds. The number of aryl methyl sites for hydroxylation is 1. The molecule has 0 saturated heterocycles. The van der Waals surface area contributed by atoms with Crippen molar-refractivity contribution in [3.63, 3.8) is 0 Å². The van der Waals surface area contributed by atoms with Crippen molar-refractivity contribution in [2.75, 3.05) is 6.61 Å². The molecule has 3 nitrogen and oxygen atoms in total. The predicted molar refractivity (Wildman–Crippen MR) is 43.7 cm³/mol. The molecule has 3 heteroatoms. The Kier molecular flexibility index (Phi) is 2.95. The molecule has 0 fully saturated rings. The van der Waals surface area contributed by atoms with E-state index >= 15 is 0 Å². The highest BCUT2D eigenvalue weighted by molar-refractivity contribution is 5.21. The van der Waals surface area contributed by atoms with Crippen molar-refractivity contribution in [3.8, 4) is 5.75 Å². The van der Waals surface area contributed by atoms with Crippen LogP contribution in [0.25, 0.3) is 0 Å². The molecule has 1 aromatic heterocycles. The Morgan fingerprint density at radius 3 is 3.00 bits per heavy atom. The lowest BCUT2D eigenvalue weighted by molar-refractivity contribution is 0.307. The number of H-pyrrole nitrogens is 1. The van der Waals surface area contributed by atoms with Gasteiger partial charge in [-0.3, -0.25) is 5.10 Å². The number of hydrogen-bond acceptors (Lipinski definition) is 2. The summed E-state index contributed by atoms with van der Waals surface area (Å²) in [5, 5.41) is 6.67. The topological polar surface area (TPSA) is 37.9 Å². The third-order valence-corrected chi connectivity index (χ3v) is 1.54. The fourth-order valence-electron chi connectivity index (χ4n) is 0.812. The second-order valence-electron chi connectivity index (χ2n) is 2.56. The minimum atomic E-state index is 0.789. The summed E-state index contributed by atoms with van der Waals surface area (Å²) in [4.78, 5) is 0. The van der Waals surface area contributed by atoms with Gasteiger partial charge in [0.05, 0.1) is 18.5 Å². The number of hydrogen-bond donors (Lipinski definition) is 1. The normalized spacial score (nSPS) is 10.0. The molecule has 0 aliphatic carbocycles. The van der Waals surface area contributed by atoms with Gasteiger partial charge in [0.15, 0.2) is 5.75 Å². The van der Waals surface area contributed by atoms with Crippen LogP contribution in [-0.2, 0) is 0 Å². The SMILES string of the molecule is CCCCOc1cn[nH]c1C. The third-order valence-electron chi connectivity index (χ3n) is 1.54. The van der Waals surface area contributed by atoms with Gasteiger partial charge in [-0.05, 0) is 13.3 Å². The Balaban J connectivity index is 2.32. The summed E-state index contributed by atoms with van der Waals surface area (Å²) in [7, 11) is 0. The van der Waals surface area contributed by atoms with Crippen molar-refractivity contribution in [1.82, 2.24) is 10.2 Å². The zero-order valence-electron chi connectivity index (χ0n) is 7.05. The van der Waals surface area contributed by atoms with Crippen molar-refractivity contribution in [1.29, 1.82) is 0 Å². The van der Waals surface area contributed by atoms with Crippen LogP contribution in [0.2, 0.25) is 0 Å². The average Bonchev–Trinajstić information content (AvgIpc) is 2.37. The van der Waals surface area contributed by atoms with E-state index < -0.39 is 0 Å². The quantitative estimate of drug-likeness (QED) is 0.672. The van der Waals surface area contributed by atoms with Gasteiger partial charge in [-0.1, -0.05) is 13.3 Å². The third kappa shape index (κ3) is 2.26. The van der Waals surface area contributed by atoms with Gasteiger partial charge in [-0.25, -0.2) is 0 Å². The molecule has 1 heterocycles. The van der Waals surface area contributed by atoms with Crippen LogP contribution in [0.1, 0.15) is 25.5 Å². The predicted octanol–water partition coefficient (Wildman–Crippen LogP) is 1.90. The monoisotopic (exact) mass is 154 g/mol. The van der Waals surface area contributed by atoms with Crippen LogP contribution in [0.5, 0.6) is 5.75 Å². The van der Waals surface area contributed by atoms with Gasteiger partial charge in [-0.15, -0.1) is 0 Å². The number of unbranched alkanes of at least 4 members (excludes halogenated alkanes) is 1. The van der Waals surface area contributed by atoms with Gasteiger partial charge in [0, 0.05) is 0 Å². The van der Waals surface area contributed by atoms with Gasteiger partial charge in [0.25, 0.3) is 0 Å². The van der Waals surface area contributed by atoms with E-state index in [0.717, 1.165) is 30.9 Å². The molecule has 11 heavy (non-hydrogen) atoms. The smallest absolute Gasteiger partial charge is 0.159 e. The highest BCUT2D eigenvalue weighted by atomic mass is 16.5. The minimum absolute atomic E-state index is 0.789. The zero-order valence-corrected chi connectivity index (χ0v) is 7.05. The maximum absolute atomic E-state index is 5.42. The van der Waals surface area contributed by atoms with Gasteiger partial charge >= 0.3 is 0 Å². The van der Waals surface area contributed by atoms with Crippen molar-refractivity contribution in [3.05, 3.63) is 11.9 Å². The van der Waals surface area contributed by atoms with Crippen LogP contribution in [0.15, 0.2) is 6.20 Å². The van der Waals surface area contributed by atoms with Crippen molar-refractivity contribution >= 4 is 0 Å². The van der Waals surface area contributed by atoms with Crippen LogP contribution in [-0.4, -0.2) is 16.8 Å².